The van der Waals surface area contributed by atoms with Crippen LogP contribution in [-0.4, -0.2) is 16.3 Å². The Balaban J connectivity index is 1.88. The summed E-state index contributed by atoms with van der Waals surface area (Å²) in [5.74, 6) is 0.304. The average molecular weight is 290 g/mol. The molecule has 2 heterocycles. The molecule has 2 unspecified atom stereocenters. The fraction of sp³-hybridized carbons (Fsp3) is 0.357. The van der Waals surface area contributed by atoms with Crippen LogP contribution < -0.4 is 0 Å². The number of hydrogen-bond acceptors (Lipinski definition) is 4. The van der Waals surface area contributed by atoms with Crippen molar-refractivity contribution in [1.29, 1.82) is 0 Å². The maximum absolute atomic E-state index is 5.56. The minimum absolute atomic E-state index is 0.121. The predicted octanol–water partition coefficient (Wildman–Crippen LogP) is 3.96. The second kappa shape index (κ2) is 3.96. The number of hydrogen-bond donors (Lipinski definition) is 0. The van der Waals surface area contributed by atoms with E-state index in [0.717, 1.165) is 12.1 Å². The first-order valence-corrected chi connectivity index (χ1v) is 8.77. The van der Waals surface area contributed by atoms with Gasteiger partial charge in [-0.05, 0) is 17.4 Å². The minimum atomic E-state index is -0.278. The molecule has 0 saturated heterocycles. The van der Waals surface area contributed by atoms with Crippen LogP contribution in [0, 0.1) is 5.41 Å². The van der Waals surface area contributed by atoms with E-state index in [9.17, 15) is 0 Å². The molecule has 98 valence electrons. The summed E-state index contributed by atoms with van der Waals surface area (Å²) in [6.07, 6.45) is 1.00. The summed E-state index contributed by atoms with van der Waals surface area (Å²) < 4.78 is 10.1. The third-order valence-corrected chi connectivity index (χ3v) is 6.62. The van der Waals surface area contributed by atoms with Gasteiger partial charge in [0, 0.05) is 5.92 Å². The first-order valence-electron chi connectivity index (χ1n) is 6.33. The first-order chi connectivity index (χ1) is 9.17. The summed E-state index contributed by atoms with van der Waals surface area (Å²) in [5.41, 5.74) is 3.75. The van der Waals surface area contributed by atoms with Crippen LogP contribution in [0.1, 0.15) is 31.7 Å². The molecule has 19 heavy (non-hydrogen) atoms. The van der Waals surface area contributed by atoms with Crippen molar-refractivity contribution in [1.82, 2.24) is 0 Å². The monoisotopic (exact) mass is 290 g/mol. The largest absolute Gasteiger partial charge is 0.317 e. The molecule has 2 aliphatic heterocycles. The SMILES string of the molecule is CC1(C)CC2=NSS3=C2C(=NO3)C1c1ccccc1. The summed E-state index contributed by atoms with van der Waals surface area (Å²) in [6, 6.07) is 10.6. The molecule has 1 saturated carbocycles. The van der Waals surface area contributed by atoms with Crippen molar-refractivity contribution in [3.8, 4) is 0 Å². The molecule has 3 nitrogen and oxygen atoms in total. The van der Waals surface area contributed by atoms with Crippen molar-refractivity contribution in [3.63, 3.8) is 0 Å². The van der Waals surface area contributed by atoms with Crippen molar-refractivity contribution < 1.29 is 4.28 Å². The Bertz CT molecular complexity index is 647. The Morgan fingerprint density at radius 3 is 2.89 bits per heavy atom. The smallest absolute Gasteiger partial charge is 0.118 e. The fourth-order valence-corrected chi connectivity index (χ4v) is 5.85. The van der Waals surface area contributed by atoms with Gasteiger partial charge < -0.3 is 4.28 Å². The van der Waals surface area contributed by atoms with Gasteiger partial charge in [0.15, 0.2) is 0 Å². The average Bonchev–Trinajstić information content (AvgIpc) is 2.96. The Kier molecular flexibility index (Phi) is 2.45. The van der Waals surface area contributed by atoms with Crippen molar-refractivity contribution in [2.75, 3.05) is 0 Å². The van der Waals surface area contributed by atoms with E-state index in [2.05, 4.69) is 53.7 Å². The van der Waals surface area contributed by atoms with Gasteiger partial charge in [0.2, 0.25) is 0 Å². The lowest BCUT2D eigenvalue weighted by Crippen LogP contribution is -2.43. The Hall–Kier alpha value is -1.07. The molecule has 0 spiro atoms. The van der Waals surface area contributed by atoms with E-state index in [-0.39, 0.29) is 15.2 Å². The Labute approximate surface area is 118 Å². The van der Waals surface area contributed by atoms with Crippen LogP contribution in [0.15, 0.2) is 39.9 Å². The van der Waals surface area contributed by atoms with E-state index in [1.807, 2.05) is 0 Å². The zero-order valence-electron chi connectivity index (χ0n) is 10.8. The summed E-state index contributed by atoms with van der Waals surface area (Å²) in [5, 5.41) is 4.38. The fourth-order valence-electron chi connectivity index (χ4n) is 3.11. The Morgan fingerprint density at radius 1 is 1.32 bits per heavy atom. The van der Waals surface area contributed by atoms with Crippen LogP contribution in [-0.2, 0) is 4.28 Å². The second-order valence-corrected chi connectivity index (χ2v) is 8.45. The summed E-state index contributed by atoms with van der Waals surface area (Å²) >= 11 is 0. The molecule has 1 aromatic rings. The molecular weight excluding hydrogens is 276 g/mol. The van der Waals surface area contributed by atoms with Crippen LogP contribution in [0.25, 0.3) is 0 Å². The molecule has 0 radical (unpaired) electrons. The highest BCUT2D eigenvalue weighted by Gasteiger charge is 2.48. The maximum atomic E-state index is 5.56. The van der Waals surface area contributed by atoms with E-state index >= 15 is 0 Å². The van der Waals surface area contributed by atoms with Gasteiger partial charge in [-0.2, -0.15) is 0 Å². The molecule has 3 aliphatic rings. The van der Waals surface area contributed by atoms with Crippen molar-refractivity contribution >= 4 is 37.1 Å². The normalized spacial score (nSPS) is 30.5. The van der Waals surface area contributed by atoms with Crippen LogP contribution in [0.2, 0.25) is 0 Å². The molecule has 1 aliphatic carbocycles. The third-order valence-electron chi connectivity index (χ3n) is 3.89. The van der Waals surface area contributed by atoms with Gasteiger partial charge in [-0.15, -0.1) is 0 Å². The maximum Gasteiger partial charge on any atom is 0.118 e. The van der Waals surface area contributed by atoms with Crippen LogP contribution in [0.5, 0.6) is 0 Å². The summed E-state index contributed by atoms with van der Waals surface area (Å²) in [6.45, 7) is 4.60. The molecule has 1 fully saturated rings. The zero-order valence-corrected chi connectivity index (χ0v) is 12.4. The van der Waals surface area contributed by atoms with E-state index in [0.29, 0.717) is 5.92 Å². The minimum Gasteiger partial charge on any atom is -0.317 e. The van der Waals surface area contributed by atoms with Gasteiger partial charge in [-0.25, -0.2) is 4.40 Å². The van der Waals surface area contributed by atoms with Gasteiger partial charge in [-0.1, -0.05) is 49.3 Å². The number of benzene rings is 1. The van der Waals surface area contributed by atoms with Gasteiger partial charge in [0.05, 0.1) is 21.6 Å². The number of rotatable bonds is 1. The first kappa shape index (κ1) is 11.7. The molecule has 0 aromatic heterocycles. The second-order valence-electron chi connectivity index (χ2n) is 5.74. The van der Waals surface area contributed by atoms with E-state index in [1.165, 1.54) is 27.1 Å². The van der Waals surface area contributed by atoms with Gasteiger partial charge >= 0.3 is 0 Å². The van der Waals surface area contributed by atoms with Crippen LogP contribution >= 0.6 is 20.8 Å². The molecule has 0 amide bonds. The highest BCUT2D eigenvalue weighted by molar-refractivity contribution is 8.82. The van der Waals surface area contributed by atoms with Gasteiger partial charge in [-0.3, -0.25) is 0 Å². The van der Waals surface area contributed by atoms with Crippen molar-refractivity contribution in [3.05, 3.63) is 35.9 Å². The number of nitrogens with zero attached hydrogens (tertiary/aromatic N) is 2. The van der Waals surface area contributed by atoms with Gasteiger partial charge in [0.25, 0.3) is 0 Å². The molecule has 5 heteroatoms. The highest BCUT2D eigenvalue weighted by atomic mass is 33.1. The number of oxime groups is 1. The molecular formula is C14H14N2OS2. The third kappa shape index (κ3) is 1.64. The molecule has 1 aromatic carbocycles. The molecule has 4 rings (SSSR count). The predicted molar refractivity (Wildman–Crippen MR) is 83.7 cm³/mol. The van der Waals surface area contributed by atoms with Crippen LogP contribution in [0.4, 0.5) is 0 Å². The topological polar surface area (TPSA) is 34.0 Å². The van der Waals surface area contributed by atoms with Gasteiger partial charge in [0.1, 0.15) is 15.5 Å². The van der Waals surface area contributed by atoms with E-state index in [1.54, 1.807) is 0 Å². The molecule has 2 atom stereocenters. The van der Waals surface area contributed by atoms with E-state index < -0.39 is 0 Å². The van der Waals surface area contributed by atoms with E-state index in [4.69, 9.17) is 4.28 Å². The summed E-state index contributed by atoms with van der Waals surface area (Å²) in [4.78, 5) is 1.26. The Morgan fingerprint density at radius 2 is 2.11 bits per heavy atom. The lowest BCUT2D eigenvalue weighted by molar-refractivity contribution is 0.343. The molecule has 0 bridgehead atoms. The standard InChI is InChI=1S/C14H14N2OS2/c1-14(2)8-10-13-12(15-17-19(13)18-16-10)11(14)9-6-4-3-5-7-9/h3-7,11H,8H2,1-2H3. The lowest BCUT2D eigenvalue weighted by Gasteiger charge is -2.38. The summed E-state index contributed by atoms with van der Waals surface area (Å²) in [7, 11) is 1.25. The molecule has 0 N–H and O–H groups in total. The quantitative estimate of drug-likeness (QED) is 0.445. The van der Waals surface area contributed by atoms with Crippen molar-refractivity contribution in [2.24, 2.45) is 15.0 Å². The zero-order chi connectivity index (χ0) is 13.0. The lowest BCUT2D eigenvalue weighted by atomic mass is 9.64. The van der Waals surface area contributed by atoms with Crippen molar-refractivity contribution in [2.45, 2.75) is 26.2 Å². The van der Waals surface area contributed by atoms with Crippen LogP contribution in [0.3, 0.4) is 0 Å². The highest BCUT2D eigenvalue weighted by Crippen LogP contribution is 2.53.